The van der Waals surface area contributed by atoms with Crippen LogP contribution in [-0.4, -0.2) is 63.2 Å². The number of aliphatic hydroxyl groups excluding tert-OH is 3. The SMILES string of the molecule is CO[Si](CCO)(CCC1CCC(O)C(O)C1)O[Si](C)(C)O. The lowest BCUT2D eigenvalue weighted by Crippen LogP contribution is -2.51. The van der Waals surface area contributed by atoms with Crippen molar-refractivity contribution in [3.63, 3.8) is 0 Å². The first-order chi connectivity index (χ1) is 9.71. The molecular formula is C13H30O6Si2. The minimum Gasteiger partial charge on any atom is -0.415 e. The van der Waals surface area contributed by atoms with Gasteiger partial charge in [0.1, 0.15) is 0 Å². The summed E-state index contributed by atoms with van der Waals surface area (Å²) in [7, 11) is -3.75. The minimum atomic E-state index is -2.73. The second-order valence-corrected chi connectivity index (χ2v) is 13.4. The quantitative estimate of drug-likeness (QED) is 0.486. The molecule has 4 atom stereocenters. The van der Waals surface area contributed by atoms with Gasteiger partial charge in [0, 0.05) is 19.8 Å². The summed E-state index contributed by atoms with van der Waals surface area (Å²) in [6.07, 6.45) is 1.66. The fourth-order valence-corrected chi connectivity index (χ4v) is 9.64. The van der Waals surface area contributed by atoms with E-state index in [1.54, 1.807) is 20.2 Å². The van der Waals surface area contributed by atoms with Crippen LogP contribution in [0.1, 0.15) is 25.7 Å². The predicted molar refractivity (Wildman–Crippen MR) is 84.2 cm³/mol. The van der Waals surface area contributed by atoms with E-state index in [2.05, 4.69) is 0 Å². The molecule has 0 aromatic heterocycles. The van der Waals surface area contributed by atoms with Crippen molar-refractivity contribution in [3.05, 3.63) is 0 Å². The van der Waals surface area contributed by atoms with Crippen molar-refractivity contribution < 1.29 is 28.7 Å². The molecular weight excluding hydrogens is 308 g/mol. The summed E-state index contributed by atoms with van der Waals surface area (Å²) < 4.78 is 11.5. The summed E-state index contributed by atoms with van der Waals surface area (Å²) in [5.74, 6) is 0.330. The van der Waals surface area contributed by atoms with Crippen LogP contribution in [0.15, 0.2) is 0 Å². The molecule has 0 aliphatic heterocycles. The second kappa shape index (κ2) is 8.16. The third-order valence-corrected chi connectivity index (χ3v) is 10.4. The molecule has 6 nitrogen and oxygen atoms in total. The summed E-state index contributed by atoms with van der Waals surface area (Å²) in [4.78, 5) is 10.0. The highest BCUT2D eigenvalue weighted by atomic mass is 28.5. The maximum atomic E-state index is 10.0. The fraction of sp³-hybridized carbons (Fsp3) is 1.00. The van der Waals surface area contributed by atoms with Crippen molar-refractivity contribution in [2.45, 2.75) is 63.1 Å². The molecule has 1 rings (SSSR count). The van der Waals surface area contributed by atoms with Crippen LogP contribution in [0, 0.1) is 5.92 Å². The van der Waals surface area contributed by atoms with Gasteiger partial charge >= 0.3 is 17.1 Å². The zero-order valence-electron chi connectivity index (χ0n) is 13.3. The molecule has 0 spiro atoms. The van der Waals surface area contributed by atoms with Crippen LogP contribution >= 0.6 is 0 Å². The van der Waals surface area contributed by atoms with E-state index in [-0.39, 0.29) is 6.61 Å². The first-order valence-corrected chi connectivity index (χ1v) is 12.7. The lowest BCUT2D eigenvalue weighted by molar-refractivity contribution is -0.0260. The van der Waals surface area contributed by atoms with Crippen molar-refractivity contribution in [1.82, 2.24) is 0 Å². The van der Waals surface area contributed by atoms with Gasteiger partial charge in [0.2, 0.25) is 0 Å². The third kappa shape index (κ3) is 6.45. The van der Waals surface area contributed by atoms with E-state index in [0.29, 0.717) is 30.8 Å². The molecule has 0 aromatic carbocycles. The molecule has 1 aliphatic rings. The van der Waals surface area contributed by atoms with Crippen molar-refractivity contribution >= 4 is 17.1 Å². The van der Waals surface area contributed by atoms with E-state index in [1.165, 1.54) is 0 Å². The largest absolute Gasteiger partial charge is 0.415 e. The molecule has 0 radical (unpaired) electrons. The molecule has 1 saturated carbocycles. The predicted octanol–water partition coefficient (Wildman–Crippen LogP) is 0.690. The summed E-state index contributed by atoms with van der Waals surface area (Å²) in [5.41, 5.74) is 0. The Bertz CT molecular complexity index is 312. The normalized spacial score (nSPS) is 30.1. The molecule has 0 saturated heterocycles. The molecule has 0 bridgehead atoms. The average molecular weight is 339 g/mol. The molecule has 21 heavy (non-hydrogen) atoms. The number of hydrogen-bond acceptors (Lipinski definition) is 6. The van der Waals surface area contributed by atoms with Gasteiger partial charge in [0.05, 0.1) is 12.2 Å². The summed E-state index contributed by atoms with van der Waals surface area (Å²) >= 11 is 0. The van der Waals surface area contributed by atoms with Gasteiger partial charge in [-0.1, -0.05) is 0 Å². The van der Waals surface area contributed by atoms with Crippen molar-refractivity contribution in [2.75, 3.05) is 13.7 Å². The first kappa shape index (κ1) is 19.2. The molecule has 0 heterocycles. The Morgan fingerprint density at radius 2 is 1.76 bits per heavy atom. The lowest BCUT2D eigenvalue weighted by Gasteiger charge is -2.36. The van der Waals surface area contributed by atoms with Gasteiger partial charge in [-0.05, 0) is 50.7 Å². The van der Waals surface area contributed by atoms with E-state index >= 15 is 0 Å². The fourth-order valence-electron chi connectivity index (χ4n) is 3.00. The van der Waals surface area contributed by atoms with E-state index in [1.807, 2.05) is 0 Å². The zero-order chi connectivity index (χ0) is 16.1. The molecule has 0 amide bonds. The van der Waals surface area contributed by atoms with Crippen LogP contribution in [0.2, 0.25) is 25.2 Å². The van der Waals surface area contributed by atoms with Crippen LogP contribution in [0.25, 0.3) is 0 Å². The highest BCUT2D eigenvalue weighted by Crippen LogP contribution is 2.32. The van der Waals surface area contributed by atoms with Gasteiger partial charge in [-0.3, -0.25) is 0 Å². The molecule has 8 heteroatoms. The Morgan fingerprint density at radius 3 is 2.24 bits per heavy atom. The van der Waals surface area contributed by atoms with Gasteiger partial charge in [-0.2, -0.15) is 0 Å². The average Bonchev–Trinajstić information content (AvgIpc) is 2.38. The monoisotopic (exact) mass is 338 g/mol. The Kier molecular flexibility index (Phi) is 7.48. The summed E-state index contributed by atoms with van der Waals surface area (Å²) in [5, 5.41) is 28.6. The lowest BCUT2D eigenvalue weighted by atomic mass is 9.84. The molecule has 4 unspecified atom stereocenters. The number of rotatable bonds is 8. The molecule has 4 N–H and O–H groups in total. The van der Waals surface area contributed by atoms with E-state index in [9.17, 15) is 20.1 Å². The van der Waals surface area contributed by atoms with E-state index in [0.717, 1.165) is 12.8 Å². The highest BCUT2D eigenvalue weighted by Gasteiger charge is 2.42. The summed E-state index contributed by atoms with van der Waals surface area (Å²) in [6, 6.07) is 1.13. The summed E-state index contributed by atoms with van der Waals surface area (Å²) in [6.45, 7) is 3.38. The van der Waals surface area contributed by atoms with Gasteiger partial charge in [-0.15, -0.1) is 0 Å². The topological polar surface area (TPSA) is 99.4 Å². The second-order valence-electron chi connectivity index (χ2n) is 6.49. The van der Waals surface area contributed by atoms with Crippen molar-refractivity contribution in [3.8, 4) is 0 Å². The number of hydrogen-bond donors (Lipinski definition) is 4. The molecule has 1 aliphatic carbocycles. The third-order valence-electron chi connectivity index (χ3n) is 4.12. The zero-order valence-corrected chi connectivity index (χ0v) is 15.3. The minimum absolute atomic E-state index is 0.0173. The van der Waals surface area contributed by atoms with Crippen LogP contribution in [0.3, 0.4) is 0 Å². The van der Waals surface area contributed by atoms with E-state index < -0.39 is 29.3 Å². The first-order valence-electron chi connectivity index (χ1n) is 7.66. The Balaban J connectivity index is 2.60. The smallest absolute Gasteiger partial charge is 0.331 e. The standard InChI is InChI=1S/C13H30O6Si2/c1-18-21(9-7-14,19-20(2,3)17)8-6-11-4-5-12(15)13(16)10-11/h11-17H,4-10H2,1-3H3. The van der Waals surface area contributed by atoms with Gasteiger partial charge in [-0.25, -0.2) is 0 Å². The van der Waals surface area contributed by atoms with Gasteiger partial charge < -0.3 is 28.7 Å². The maximum absolute atomic E-state index is 10.0. The van der Waals surface area contributed by atoms with Crippen molar-refractivity contribution in [1.29, 1.82) is 0 Å². The van der Waals surface area contributed by atoms with Crippen LogP contribution < -0.4 is 0 Å². The Labute approximate surface area is 129 Å². The molecule has 0 aromatic rings. The molecule has 126 valence electrons. The van der Waals surface area contributed by atoms with Crippen molar-refractivity contribution in [2.24, 2.45) is 5.92 Å². The van der Waals surface area contributed by atoms with Gasteiger partial charge in [0.15, 0.2) is 0 Å². The number of aliphatic hydroxyl groups is 3. The maximum Gasteiger partial charge on any atom is 0.331 e. The highest BCUT2D eigenvalue weighted by molar-refractivity contribution is 6.79. The van der Waals surface area contributed by atoms with Crippen LogP contribution in [0.4, 0.5) is 0 Å². The molecule has 1 fully saturated rings. The van der Waals surface area contributed by atoms with Crippen LogP contribution in [-0.2, 0) is 8.54 Å². The Morgan fingerprint density at radius 1 is 1.10 bits per heavy atom. The van der Waals surface area contributed by atoms with E-state index in [4.69, 9.17) is 8.54 Å². The van der Waals surface area contributed by atoms with Crippen LogP contribution in [0.5, 0.6) is 0 Å². The van der Waals surface area contributed by atoms with Gasteiger partial charge in [0.25, 0.3) is 0 Å². The Hall–Kier alpha value is 0.194.